The van der Waals surface area contributed by atoms with E-state index in [4.69, 9.17) is 4.74 Å². The van der Waals surface area contributed by atoms with Crippen molar-refractivity contribution in [2.75, 3.05) is 18.5 Å². The fraction of sp³-hybridized carbons (Fsp3) is 0.474. The number of fused-ring (bicyclic) bond motifs is 1. The van der Waals surface area contributed by atoms with Crippen LogP contribution in [-0.2, 0) is 23.9 Å². The van der Waals surface area contributed by atoms with E-state index in [1.807, 2.05) is 19.1 Å². The second-order valence-corrected chi connectivity index (χ2v) is 9.36. The predicted octanol–water partition coefficient (Wildman–Crippen LogP) is 2.40. The lowest BCUT2D eigenvalue weighted by atomic mass is 9.81. The van der Waals surface area contributed by atoms with Gasteiger partial charge in [-0.2, -0.15) is 0 Å². The summed E-state index contributed by atoms with van der Waals surface area (Å²) in [6.45, 7) is 0.895. The van der Waals surface area contributed by atoms with Crippen molar-refractivity contribution in [1.82, 2.24) is 4.90 Å². The molecule has 0 unspecified atom stereocenters. The van der Waals surface area contributed by atoms with Gasteiger partial charge in [-0.3, -0.25) is 24.1 Å². The number of halogens is 2. The number of carbonyl (C=O) groups is 4. The van der Waals surface area contributed by atoms with Crippen molar-refractivity contribution in [2.45, 2.75) is 29.4 Å². The molecule has 150 valence electrons. The van der Waals surface area contributed by atoms with Crippen molar-refractivity contribution in [3.8, 4) is 0 Å². The highest BCUT2D eigenvalue weighted by molar-refractivity contribution is 9.12. The Morgan fingerprint density at radius 1 is 1.11 bits per heavy atom. The lowest BCUT2D eigenvalue weighted by molar-refractivity contribution is -0.154. The Morgan fingerprint density at radius 2 is 1.68 bits per heavy atom. The van der Waals surface area contributed by atoms with Crippen LogP contribution in [0.3, 0.4) is 0 Å². The molecule has 0 aromatic heterocycles. The van der Waals surface area contributed by atoms with E-state index >= 15 is 0 Å². The number of rotatable bonds is 5. The number of nitrogens with one attached hydrogen (secondary N) is 1. The third kappa shape index (κ3) is 4.46. The molecule has 28 heavy (non-hydrogen) atoms. The quantitative estimate of drug-likeness (QED) is 0.369. The number of para-hydroxylation sites is 1. The predicted molar refractivity (Wildman–Crippen MR) is 109 cm³/mol. The van der Waals surface area contributed by atoms with E-state index in [1.54, 1.807) is 12.1 Å². The summed E-state index contributed by atoms with van der Waals surface area (Å²) < 4.78 is 4.95. The van der Waals surface area contributed by atoms with Crippen molar-refractivity contribution < 1.29 is 23.9 Å². The molecule has 1 aromatic rings. The van der Waals surface area contributed by atoms with Crippen molar-refractivity contribution in [3.05, 3.63) is 29.8 Å². The Bertz CT molecular complexity index is 787. The lowest BCUT2D eigenvalue weighted by Gasteiger charge is -2.29. The molecule has 1 saturated heterocycles. The minimum atomic E-state index is -0.786. The van der Waals surface area contributed by atoms with Crippen molar-refractivity contribution in [2.24, 2.45) is 11.8 Å². The third-order valence-electron chi connectivity index (χ3n) is 5.07. The van der Waals surface area contributed by atoms with Crippen LogP contribution in [0.1, 0.15) is 18.4 Å². The number of nitrogens with zero attached hydrogens (tertiary/aromatic N) is 1. The van der Waals surface area contributed by atoms with Gasteiger partial charge in [0.25, 0.3) is 5.91 Å². The number of aryl methyl sites for hydroxylation is 1. The van der Waals surface area contributed by atoms with E-state index in [0.29, 0.717) is 18.5 Å². The molecule has 3 rings (SSSR count). The van der Waals surface area contributed by atoms with Crippen LogP contribution in [0.15, 0.2) is 24.3 Å². The first-order chi connectivity index (χ1) is 13.3. The zero-order chi connectivity index (χ0) is 20.4. The van der Waals surface area contributed by atoms with Gasteiger partial charge >= 0.3 is 5.97 Å². The lowest BCUT2D eigenvalue weighted by Crippen LogP contribution is -2.37. The molecule has 1 heterocycles. The second-order valence-electron chi connectivity index (χ2n) is 7.00. The normalized spacial score (nSPS) is 26.8. The molecular formula is C19H20Br2N2O5. The largest absolute Gasteiger partial charge is 0.454 e. The zero-order valence-electron chi connectivity index (χ0n) is 15.2. The van der Waals surface area contributed by atoms with Gasteiger partial charge in [-0.1, -0.05) is 50.1 Å². The van der Waals surface area contributed by atoms with Gasteiger partial charge < -0.3 is 10.1 Å². The van der Waals surface area contributed by atoms with E-state index in [-0.39, 0.29) is 21.5 Å². The standard InChI is InChI=1S/C19H20Br2N2O5/c1-10-4-2-3-5-15(10)22-16(24)9-28-17(25)8-23-18(26)11-6-13(20)14(21)7-12(11)19(23)27/h2-5,11-14H,6-9H2,1H3,(H,22,24)/t11-,12-,13+,14+/m1/s1. The molecule has 1 aromatic carbocycles. The summed E-state index contributed by atoms with van der Waals surface area (Å²) in [5, 5.41) is 2.65. The third-order valence-corrected chi connectivity index (χ3v) is 7.81. The fourth-order valence-corrected chi connectivity index (χ4v) is 4.78. The van der Waals surface area contributed by atoms with Crippen LogP contribution in [0.25, 0.3) is 0 Å². The molecule has 2 aliphatic rings. The van der Waals surface area contributed by atoms with E-state index in [0.717, 1.165) is 10.5 Å². The SMILES string of the molecule is Cc1ccccc1NC(=O)COC(=O)CN1C(=O)[C@@H]2C[C@H](Br)[C@@H](Br)C[C@H]2C1=O. The van der Waals surface area contributed by atoms with Crippen LogP contribution in [0.2, 0.25) is 0 Å². The Balaban J connectivity index is 1.52. The molecular weight excluding hydrogens is 496 g/mol. The van der Waals surface area contributed by atoms with Crippen molar-refractivity contribution in [3.63, 3.8) is 0 Å². The number of amides is 3. The first-order valence-corrected chi connectivity index (χ1v) is 10.8. The van der Waals surface area contributed by atoms with E-state index in [9.17, 15) is 19.2 Å². The Morgan fingerprint density at radius 3 is 2.25 bits per heavy atom. The van der Waals surface area contributed by atoms with Gasteiger partial charge in [0, 0.05) is 15.3 Å². The van der Waals surface area contributed by atoms with Crippen molar-refractivity contribution >= 4 is 61.2 Å². The summed E-state index contributed by atoms with van der Waals surface area (Å²) >= 11 is 7.03. The van der Waals surface area contributed by atoms with Crippen LogP contribution in [-0.4, -0.2) is 51.4 Å². The number of hydrogen-bond acceptors (Lipinski definition) is 5. The maximum absolute atomic E-state index is 12.5. The van der Waals surface area contributed by atoms with Crippen LogP contribution < -0.4 is 5.32 Å². The summed E-state index contributed by atoms with van der Waals surface area (Å²) in [7, 11) is 0. The molecule has 3 amide bonds. The Kier molecular flexibility index (Phi) is 6.54. The minimum Gasteiger partial charge on any atom is -0.454 e. The smallest absolute Gasteiger partial charge is 0.326 e. The van der Waals surface area contributed by atoms with E-state index in [1.165, 1.54) is 0 Å². The average Bonchev–Trinajstić information content (AvgIpc) is 2.87. The minimum absolute atomic E-state index is 0.0996. The molecule has 0 spiro atoms. The maximum Gasteiger partial charge on any atom is 0.326 e. The summed E-state index contributed by atoms with van der Waals surface area (Å²) in [5.74, 6) is -2.79. The molecule has 9 heteroatoms. The number of likely N-dealkylation sites (tertiary alicyclic amines) is 1. The molecule has 7 nitrogen and oxygen atoms in total. The molecule has 1 aliphatic carbocycles. The first kappa shape index (κ1) is 21.0. The van der Waals surface area contributed by atoms with Gasteiger partial charge in [0.05, 0.1) is 11.8 Å². The monoisotopic (exact) mass is 514 g/mol. The van der Waals surface area contributed by atoms with Gasteiger partial charge in [0.1, 0.15) is 6.54 Å². The molecule has 2 fully saturated rings. The number of imide groups is 1. The highest BCUT2D eigenvalue weighted by atomic mass is 79.9. The molecule has 4 atom stereocenters. The van der Waals surface area contributed by atoms with Crippen LogP contribution in [0.4, 0.5) is 5.69 Å². The topological polar surface area (TPSA) is 92.8 Å². The van der Waals surface area contributed by atoms with Gasteiger partial charge in [0.15, 0.2) is 6.61 Å². The average molecular weight is 516 g/mol. The summed E-state index contributed by atoms with van der Waals surface area (Å²) in [5.41, 5.74) is 1.51. The van der Waals surface area contributed by atoms with E-state index in [2.05, 4.69) is 37.2 Å². The molecule has 0 radical (unpaired) electrons. The number of benzene rings is 1. The zero-order valence-corrected chi connectivity index (χ0v) is 18.4. The fourth-order valence-electron chi connectivity index (χ4n) is 3.54. The summed E-state index contributed by atoms with van der Waals surface area (Å²) in [6.07, 6.45) is 1.07. The number of alkyl halides is 2. The molecule has 1 N–H and O–H groups in total. The second kappa shape index (κ2) is 8.73. The maximum atomic E-state index is 12.5. The van der Waals surface area contributed by atoms with Gasteiger partial charge in [-0.05, 0) is 31.4 Å². The van der Waals surface area contributed by atoms with Gasteiger partial charge in [-0.25, -0.2) is 0 Å². The van der Waals surface area contributed by atoms with Crippen LogP contribution in [0, 0.1) is 18.8 Å². The summed E-state index contributed by atoms with van der Waals surface area (Å²) in [6, 6.07) is 7.23. The van der Waals surface area contributed by atoms with Gasteiger partial charge in [-0.15, -0.1) is 0 Å². The number of hydrogen-bond donors (Lipinski definition) is 1. The van der Waals surface area contributed by atoms with Crippen LogP contribution in [0.5, 0.6) is 0 Å². The molecule has 0 bridgehead atoms. The highest BCUT2D eigenvalue weighted by Gasteiger charge is 2.52. The Hall–Kier alpha value is -1.74. The van der Waals surface area contributed by atoms with Gasteiger partial charge in [0.2, 0.25) is 11.8 Å². The Labute approximate surface area is 179 Å². The first-order valence-electron chi connectivity index (χ1n) is 8.92. The molecule has 1 saturated carbocycles. The van der Waals surface area contributed by atoms with E-state index < -0.39 is 36.9 Å². The highest BCUT2D eigenvalue weighted by Crippen LogP contribution is 2.43. The van der Waals surface area contributed by atoms with Crippen molar-refractivity contribution in [1.29, 1.82) is 0 Å². The number of carbonyl (C=O) groups excluding carboxylic acids is 4. The summed E-state index contributed by atoms with van der Waals surface area (Å²) in [4.78, 5) is 50.3. The van der Waals surface area contributed by atoms with Crippen LogP contribution >= 0.6 is 31.9 Å². The number of anilines is 1. The number of esters is 1. The number of ether oxygens (including phenoxy) is 1. The molecule has 1 aliphatic heterocycles.